The third-order valence-corrected chi connectivity index (χ3v) is 4.09. The van der Waals surface area contributed by atoms with Crippen LogP contribution in [-0.4, -0.2) is 24.1 Å². The van der Waals surface area contributed by atoms with E-state index in [9.17, 15) is 4.39 Å². The number of aromatic nitrogens is 2. The summed E-state index contributed by atoms with van der Waals surface area (Å²) in [7, 11) is 3.78. The molecule has 0 N–H and O–H groups in total. The average molecular weight is 317 g/mol. The summed E-state index contributed by atoms with van der Waals surface area (Å²) in [6.45, 7) is 5.94. The number of rotatable bonds is 2. The van der Waals surface area contributed by atoms with Crippen LogP contribution in [0.25, 0.3) is 20.9 Å². The van der Waals surface area contributed by atoms with Crippen LogP contribution >= 0.6 is 11.3 Å². The fourth-order valence-electron chi connectivity index (χ4n) is 1.98. The highest BCUT2D eigenvalue weighted by atomic mass is 32.1. The second-order valence-electron chi connectivity index (χ2n) is 4.85. The first-order chi connectivity index (χ1) is 10.5. The molecule has 0 saturated heterocycles. The smallest absolute Gasteiger partial charge is 0.144 e. The van der Waals surface area contributed by atoms with Crippen LogP contribution in [0.2, 0.25) is 0 Å². The van der Waals surface area contributed by atoms with Crippen LogP contribution in [0.5, 0.6) is 0 Å². The monoisotopic (exact) mass is 317 g/mol. The van der Waals surface area contributed by atoms with Gasteiger partial charge in [-0.1, -0.05) is 25.2 Å². The van der Waals surface area contributed by atoms with E-state index in [1.807, 2.05) is 58.0 Å². The number of nitrogens with zero attached hydrogens (tertiary/aromatic N) is 3. The molecule has 0 unspecified atom stereocenters. The van der Waals surface area contributed by atoms with Crippen molar-refractivity contribution in [1.29, 1.82) is 0 Å². The average Bonchev–Trinajstić information content (AvgIpc) is 2.91. The molecule has 0 aliphatic rings. The third-order valence-electron chi connectivity index (χ3n) is 3.09. The summed E-state index contributed by atoms with van der Waals surface area (Å²) in [5, 5.41) is 0.668. The van der Waals surface area contributed by atoms with Gasteiger partial charge in [-0.15, -0.1) is 0 Å². The summed E-state index contributed by atoms with van der Waals surface area (Å²) in [6.07, 6.45) is 0. The maximum atomic E-state index is 14.2. The largest absolute Gasteiger partial charge is 0.378 e. The van der Waals surface area contributed by atoms with Crippen molar-refractivity contribution in [2.45, 2.75) is 20.8 Å². The number of aryl methyl sites for hydroxylation is 1. The van der Waals surface area contributed by atoms with Gasteiger partial charge in [0.2, 0.25) is 0 Å². The summed E-state index contributed by atoms with van der Waals surface area (Å²) in [5.41, 5.74) is 3.11. The summed E-state index contributed by atoms with van der Waals surface area (Å²) in [5.74, 6) is -0.257. The van der Waals surface area contributed by atoms with Crippen molar-refractivity contribution in [3.05, 3.63) is 41.8 Å². The van der Waals surface area contributed by atoms with Gasteiger partial charge in [-0.3, -0.25) is 0 Å². The van der Waals surface area contributed by atoms with Gasteiger partial charge < -0.3 is 4.90 Å². The third kappa shape index (κ3) is 3.25. The van der Waals surface area contributed by atoms with E-state index >= 15 is 0 Å². The van der Waals surface area contributed by atoms with Gasteiger partial charge in [0.1, 0.15) is 21.2 Å². The minimum atomic E-state index is -0.257. The van der Waals surface area contributed by atoms with E-state index in [0.717, 1.165) is 21.7 Å². The fraction of sp³-hybridized carbons (Fsp3) is 0.294. The normalized spacial score (nSPS) is 10.3. The molecule has 0 fully saturated rings. The van der Waals surface area contributed by atoms with Crippen LogP contribution in [-0.2, 0) is 0 Å². The van der Waals surface area contributed by atoms with Crippen LogP contribution < -0.4 is 4.90 Å². The van der Waals surface area contributed by atoms with Crippen molar-refractivity contribution in [2.24, 2.45) is 0 Å². The van der Waals surface area contributed by atoms with Gasteiger partial charge in [-0.25, -0.2) is 14.4 Å². The zero-order chi connectivity index (χ0) is 16.3. The van der Waals surface area contributed by atoms with Crippen molar-refractivity contribution in [3.8, 4) is 10.6 Å². The van der Waals surface area contributed by atoms with E-state index in [2.05, 4.69) is 9.97 Å². The zero-order valence-electron chi connectivity index (χ0n) is 13.5. The van der Waals surface area contributed by atoms with E-state index in [-0.39, 0.29) is 5.82 Å². The molecule has 0 atom stereocenters. The Labute approximate surface area is 134 Å². The molecule has 0 spiro atoms. The second kappa shape index (κ2) is 6.83. The van der Waals surface area contributed by atoms with Crippen LogP contribution in [0.3, 0.4) is 0 Å². The first-order valence-corrected chi connectivity index (χ1v) is 8.07. The molecule has 0 aliphatic heterocycles. The van der Waals surface area contributed by atoms with Crippen molar-refractivity contribution in [3.63, 3.8) is 0 Å². The minimum absolute atomic E-state index is 0.257. The van der Waals surface area contributed by atoms with Gasteiger partial charge in [0.15, 0.2) is 0 Å². The molecule has 2 heterocycles. The summed E-state index contributed by atoms with van der Waals surface area (Å²) >= 11 is 1.42. The Bertz CT molecular complexity index is 781. The Balaban J connectivity index is 0.000000847. The van der Waals surface area contributed by atoms with E-state index in [0.29, 0.717) is 10.6 Å². The number of benzene rings is 1. The molecule has 0 amide bonds. The van der Waals surface area contributed by atoms with Crippen molar-refractivity contribution in [2.75, 3.05) is 19.0 Å². The predicted molar refractivity (Wildman–Crippen MR) is 93.2 cm³/mol. The Hall–Kier alpha value is -2.01. The van der Waals surface area contributed by atoms with E-state index < -0.39 is 0 Å². The molecule has 0 bridgehead atoms. The van der Waals surface area contributed by atoms with E-state index in [4.69, 9.17) is 0 Å². The van der Waals surface area contributed by atoms with Crippen molar-refractivity contribution in [1.82, 2.24) is 9.97 Å². The van der Waals surface area contributed by atoms with E-state index in [1.165, 1.54) is 17.4 Å². The number of hydrogen-bond donors (Lipinski definition) is 0. The lowest BCUT2D eigenvalue weighted by atomic mass is 10.2. The summed E-state index contributed by atoms with van der Waals surface area (Å²) < 4.78 is 14.2. The van der Waals surface area contributed by atoms with Crippen molar-refractivity contribution >= 4 is 27.4 Å². The Morgan fingerprint density at radius 3 is 2.41 bits per heavy atom. The SMILES string of the molecule is CC.Cc1ccc2nc(-c3ccc(N(C)C)cc3F)sc2n1. The van der Waals surface area contributed by atoms with Gasteiger partial charge in [-0.2, -0.15) is 0 Å². The van der Waals surface area contributed by atoms with Gasteiger partial charge in [0.05, 0.1) is 0 Å². The van der Waals surface area contributed by atoms with Crippen molar-refractivity contribution < 1.29 is 4.39 Å². The maximum Gasteiger partial charge on any atom is 0.144 e. The predicted octanol–water partition coefficient (Wildman–Crippen LogP) is 4.90. The molecule has 2 aromatic heterocycles. The number of anilines is 1. The van der Waals surface area contributed by atoms with Crippen LogP contribution in [0.1, 0.15) is 19.5 Å². The quantitative estimate of drug-likeness (QED) is 0.673. The van der Waals surface area contributed by atoms with E-state index in [1.54, 1.807) is 6.07 Å². The lowest BCUT2D eigenvalue weighted by Crippen LogP contribution is -2.08. The molecule has 3 aromatic rings. The molecular weight excluding hydrogens is 297 g/mol. The molecule has 116 valence electrons. The molecule has 3 nitrogen and oxygen atoms in total. The highest BCUT2D eigenvalue weighted by Crippen LogP contribution is 2.32. The summed E-state index contributed by atoms with van der Waals surface area (Å²) in [4.78, 5) is 11.6. The molecule has 1 aromatic carbocycles. The van der Waals surface area contributed by atoms with Gasteiger partial charge in [0, 0.05) is 31.0 Å². The topological polar surface area (TPSA) is 29.0 Å². The number of halogens is 1. The fourth-order valence-corrected chi connectivity index (χ4v) is 2.99. The molecule has 3 rings (SSSR count). The van der Waals surface area contributed by atoms with Gasteiger partial charge in [0.25, 0.3) is 0 Å². The summed E-state index contributed by atoms with van der Waals surface area (Å²) in [6, 6.07) is 9.03. The minimum Gasteiger partial charge on any atom is -0.378 e. The van der Waals surface area contributed by atoms with Gasteiger partial charge in [-0.05, 0) is 37.3 Å². The van der Waals surface area contributed by atoms with Gasteiger partial charge >= 0.3 is 0 Å². The number of thiazole rings is 1. The molecular formula is C17H20FN3S. The van der Waals surface area contributed by atoms with Crippen LogP contribution in [0.15, 0.2) is 30.3 Å². The molecule has 5 heteroatoms. The first kappa shape index (κ1) is 16.4. The second-order valence-corrected chi connectivity index (χ2v) is 5.83. The highest BCUT2D eigenvalue weighted by Gasteiger charge is 2.12. The first-order valence-electron chi connectivity index (χ1n) is 7.26. The molecule has 0 radical (unpaired) electrons. The standard InChI is InChI=1S/C15H14FN3S.C2H6/c1-9-4-7-13-15(17-9)20-14(18-13)11-6-5-10(19(2)3)8-12(11)16;1-2/h4-8H,1-3H3;1-2H3. The number of fused-ring (bicyclic) bond motifs is 1. The molecule has 0 aliphatic carbocycles. The molecule has 0 saturated carbocycles. The zero-order valence-corrected chi connectivity index (χ0v) is 14.3. The Kier molecular flexibility index (Phi) is 5.08. The lowest BCUT2D eigenvalue weighted by molar-refractivity contribution is 0.631. The molecule has 22 heavy (non-hydrogen) atoms. The lowest BCUT2D eigenvalue weighted by Gasteiger charge is -2.12. The number of hydrogen-bond acceptors (Lipinski definition) is 4. The number of pyridine rings is 1. The van der Waals surface area contributed by atoms with Crippen LogP contribution in [0.4, 0.5) is 10.1 Å². The maximum absolute atomic E-state index is 14.2. The van der Waals surface area contributed by atoms with Crippen LogP contribution in [0, 0.1) is 12.7 Å². The highest BCUT2D eigenvalue weighted by molar-refractivity contribution is 7.21. The Morgan fingerprint density at radius 1 is 1.05 bits per heavy atom. The Morgan fingerprint density at radius 2 is 1.77 bits per heavy atom.